The number of hydrogen-bond acceptors (Lipinski definition) is 7. The highest BCUT2D eigenvalue weighted by atomic mass is 19.1. The molecule has 0 saturated carbocycles. The van der Waals surface area contributed by atoms with Gasteiger partial charge in [-0.25, -0.2) is 9.18 Å². The van der Waals surface area contributed by atoms with Crippen LogP contribution in [-0.2, 0) is 20.9 Å². The molecule has 7 nitrogen and oxygen atoms in total. The van der Waals surface area contributed by atoms with Crippen LogP contribution in [0.1, 0.15) is 30.9 Å². The Morgan fingerprint density at radius 1 is 1.25 bits per heavy atom. The van der Waals surface area contributed by atoms with Gasteiger partial charge in [0.1, 0.15) is 41.3 Å². The van der Waals surface area contributed by atoms with Crippen LogP contribution in [0.25, 0.3) is 0 Å². The number of carbonyl (C=O) groups excluding carboxylic acids is 1. The number of hydrogen-bond donors (Lipinski definition) is 1. The van der Waals surface area contributed by atoms with E-state index in [1.165, 1.54) is 31.4 Å². The van der Waals surface area contributed by atoms with Crippen molar-refractivity contribution < 1.29 is 28.1 Å². The standard InChI is InChI=1S/C24H23FN2O5/c1-4-30-24(28)21-14(2)32-23(27)19(12-26)22(21)15-5-6-16(20(11-15)29-3)13-31-18-9-7-17(25)8-10-18/h5-11,22H,4,13,27H2,1-3H3/t22-/m1/s1. The lowest BCUT2D eigenvalue weighted by Gasteiger charge is -2.27. The lowest BCUT2D eigenvalue weighted by atomic mass is 9.82. The summed E-state index contributed by atoms with van der Waals surface area (Å²) in [5, 5.41) is 9.70. The van der Waals surface area contributed by atoms with Gasteiger partial charge in [0.05, 0.1) is 25.2 Å². The number of halogens is 1. The highest BCUT2D eigenvalue weighted by Gasteiger charge is 2.36. The Kier molecular flexibility index (Phi) is 7.00. The molecule has 1 aliphatic heterocycles. The summed E-state index contributed by atoms with van der Waals surface area (Å²) in [5.74, 6) is -0.498. The summed E-state index contributed by atoms with van der Waals surface area (Å²) in [5.41, 5.74) is 7.58. The first kappa shape index (κ1) is 22.7. The van der Waals surface area contributed by atoms with Gasteiger partial charge in [0.2, 0.25) is 5.88 Å². The van der Waals surface area contributed by atoms with Gasteiger partial charge >= 0.3 is 5.97 Å². The normalized spacial score (nSPS) is 15.7. The minimum absolute atomic E-state index is 0.0641. The van der Waals surface area contributed by atoms with E-state index >= 15 is 0 Å². The van der Waals surface area contributed by atoms with E-state index in [2.05, 4.69) is 0 Å². The smallest absolute Gasteiger partial charge is 0.338 e. The van der Waals surface area contributed by atoms with E-state index in [9.17, 15) is 14.4 Å². The maximum Gasteiger partial charge on any atom is 0.338 e. The molecule has 1 heterocycles. The number of nitriles is 1. The van der Waals surface area contributed by atoms with Gasteiger partial charge in [-0.05, 0) is 49.7 Å². The number of rotatable bonds is 7. The average molecular weight is 438 g/mol. The predicted molar refractivity (Wildman–Crippen MR) is 114 cm³/mol. The van der Waals surface area contributed by atoms with Crippen molar-refractivity contribution in [1.29, 1.82) is 5.26 Å². The fourth-order valence-electron chi connectivity index (χ4n) is 3.44. The number of benzene rings is 2. The van der Waals surface area contributed by atoms with Crippen LogP contribution in [0.15, 0.2) is 65.3 Å². The molecule has 3 rings (SSSR count). The Hall–Kier alpha value is -3.99. The van der Waals surface area contributed by atoms with Gasteiger partial charge in [0.25, 0.3) is 0 Å². The summed E-state index contributed by atoms with van der Waals surface area (Å²) < 4.78 is 34.9. The molecule has 1 aliphatic rings. The number of carbonyl (C=O) groups is 1. The maximum atomic E-state index is 13.1. The van der Waals surface area contributed by atoms with Crippen LogP contribution in [0.3, 0.4) is 0 Å². The van der Waals surface area contributed by atoms with Crippen LogP contribution in [0.4, 0.5) is 4.39 Å². The number of methoxy groups -OCH3 is 1. The molecule has 0 radical (unpaired) electrons. The zero-order chi connectivity index (χ0) is 23.3. The van der Waals surface area contributed by atoms with Crippen molar-refractivity contribution >= 4 is 5.97 Å². The minimum atomic E-state index is -0.770. The monoisotopic (exact) mass is 438 g/mol. The van der Waals surface area contributed by atoms with Crippen molar-refractivity contribution in [3.8, 4) is 17.6 Å². The van der Waals surface area contributed by atoms with E-state index < -0.39 is 11.9 Å². The van der Waals surface area contributed by atoms with Crippen LogP contribution < -0.4 is 15.2 Å². The van der Waals surface area contributed by atoms with Crippen LogP contribution in [0, 0.1) is 17.1 Å². The third-order valence-electron chi connectivity index (χ3n) is 4.95. The van der Waals surface area contributed by atoms with Crippen molar-refractivity contribution in [3.05, 3.63) is 82.2 Å². The Balaban J connectivity index is 1.97. The summed E-state index contributed by atoms with van der Waals surface area (Å²) in [7, 11) is 1.51. The zero-order valence-electron chi connectivity index (χ0n) is 18.0. The molecule has 2 aromatic carbocycles. The summed E-state index contributed by atoms with van der Waals surface area (Å²) in [6.07, 6.45) is 0. The first-order valence-corrected chi connectivity index (χ1v) is 9.90. The first-order valence-electron chi connectivity index (χ1n) is 9.90. The predicted octanol–water partition coefficient (Wildman–Crippen LogP) is 4.06. The molecule has 32 heavy (non-hydrogen) atoms. The largest absolute Gasteiger partial charge is 0.496 e. The third kappa shape index (κ3) is 4.67. The second-order valence-electron chi connectivity index (χ2n) is 6.93. The first-order chi connectivity index (χ1) is 15.4. The second-order valence-corrected chi connectivity index (χ2v) is 6.93. The fraction of sp³-hybridized carbons (Fsp3) is 0.250. The van der Waals surface area contributed by atoms with Gasteiger partial charge < -0.3 is 24.7 Å². The number of ether oxygens (including phenoxy) is 4. The number of allylic oxidation sites excluding steroid dienone is 2. The van der Waals surface area contributed by atoms with E-state index in [1.54, 1.807) is 32.0 Å². The number of nitrogens with zero attached hydrogens (tertiary/aromatic N) is 1. The molecule has 0 amide bonds. The minimum Gasteiger partial charge on any atom is -0.496 e. The van der Waals surface area contributed by atoms with Gasteiger partial charge in [0.15, 0.2) is 0 Å². The van der Waals surface area contributed by atoms with E-state index in [1.807, 2.05) is 6.07 Å². The van der Waals surface area contributed by atoms with Crippen molar-refractivity contribution in [1.82, 2.24) is 0 Å². The molecule has 0 saturated heterocycles. The molecule has 2 aromatic rings. The van der Waals surface area contributed by atoms with Crippen molar-refractivity contribution in [3.63, 3.8) is 0 Å². The molecule has 0 aromatic heterocycles. The molecule has 0 spiro atoms. The van der Waals surface area contributed by atoms with Crippen LogP contribution >= 0.6 is 0 Å². The Morgan fingerprint density at radius 3 is 2.59 bits per heavy atom. The summed E-state index contributed by atoms with van der Waals surface area (Å²) >= 11 is 0. The van der Waals surface area contributed by atoms with Crippen LogP contribution in [0.2, 0.25) is 0 Å². The van der Waals surface area contributed by atoms with Gasteiger partial charge in [-0.3, -0.25) is 0 Å². The molecular formula is C24H23FN2O5. The van der Waals surface area contributed by atoms with E-state index in [-0.39, 0.29) is 41.8 Å². The van der Waals surface area contributed by atoms with Crippen LogP contribution in [0.5, 0.6) is 11.5 Å². The summed E-state index contributed by atoms with van der Waals surface area (Å²) in [4.78, 5) is 12.7. The lowest BCUT2D eigenvalue weighted by molar-refractivity contribution is -0.139. The summed E-state index contributed by atoms with van der Waals surface area (Å²) in [6.45, 7) is 3.64. The van der Waals surface area contributed by atoms with Gasteiger partial charge in [-0.1, -0.05) is 12.1 Å². The molecule has 0 fully saturated rings. The van der Waals surface area contributed by atoms with Gasteiger partial charge in [-0.2, -0.15) is 5.26 Å². The van der Waals surface area contributed by atoms with E-state index in [0.717, 1.165) is 5.56 Å². The van der Waals surface area contributed by atoms with Gasteiger partial charge in [-0.15, -0.1) is 0 Å². The van der Waals surface area contributed by atoms with Gasteiger partial charge in [0, 0.05) is 5.56 Å². The third-order valence-corrected chi connectivity index (χ3v) is 4.95. The lowest BCUT2D eigenvalue weighted by Crippen LogP contribution is -2.25. The number of nitrogens with two attached hydrogens (primary N) is 1. The van der Waals surface area contributed by atoms with Crippen molar-refractivity contribution in [2.24, 2.45) is 5.73 Å². The van der Waals surface area contributed by atoms with Crippen molar-refractivity contribution in [2.45, 2.75) is 26.4 Å². The second kappa shape index (κ2) is 9.88. The molecule has 0 bridgehead atoms. The molecule has 2 N–H and O–H groups in total. The zero-order valence-corrected chi connectivity index (χ0v) is 18.0. The van der Waals surface area contributed by atoms with E-state index in [0.29, 0.717) is 17.1 Å². The summed E-state index contributed by atoms with van der Waals surface area (Å²) in [6, 6.07) is 13.0. The van der Waals surface area contributed by atoms with E-state index in [4.69, 9.17) is 24.7 Å². The highest BCUT2D eigenvalue weighted by molar-refractivity contribution is 5.92. The molecule has 8 heteroatoms. The maximum absolute atomic E-state index is 13.1. The van der Waals surface area contributed by atoms with Crippen LogP contribution in [-0.4, -0.2) is 19.7 Å². The SMILES string of the molecule is CCOC(=O)C1=C(C)OC(N)=C(C#N)[C@H]1c1ccc(COc2ccc(F)cc2)c(OC)c1. The average Bonchev–Trinajstić information content (AvgIpc) is 2.78. The molecule has 0 aliphatic carbocycles. The quantitative estimate of drug-likeness (QED) is 0.650. The Morgan fingerprint density at radius 2 is 1.97 bits per heavy atom. The molecule has 0 unspecified atom stereocenters. The Labute approximate surface area is 185 Å². The molecule has 1 atom stereocenters. The molecule has 166 valence electrons. The number of esters is 1. The van der Waals surface area contributed by atoms with Crippen molar-refractivity contribution in [2.75, 3.05) is 13.7 Å². The fourth-order valence-corrected chi connectivity index (χ4v) is 3.44. The molecular weight excluding hydrogens is 415 g/mol. The Bertz CT molecular complexity index is 1120. The topological polar surface area (TPSA) is 104 Å². The highest BCUT2D eigenvalue weighted by Crippen LogP contribution is 2.41.